The summed E-state index contributed by atoms with van der Waals surface area (Å²) in [5.41, 5.74) is -0.257. The number of hydrogen-bond donors (Lipinski definition) is 0. The van der Waals surface area contributed by atoms with Gasteiger partial charge in [0.05, 0.1) is 22.5 Å². The van der Waals surface area contributed by atoms with Crippen molar-refractivity contribution in [2.24, 2.45) is 5.92 Å². The first kappa shape index (κ1) is 12.6. The molecule has 0 aromatic heterocycles. The summed E-state index contributed by atoms with van der Waals surface area (Å²) in [4.78, 5) is 0. The van der Waals surface area contributed by atoms with Gasteiger partial charge in [-0.3, -0.25) is 0 Å². The third-order valence-corrected chi connectivity index (χ3v) is 5.54. The van der Waals surface area contributed by atoms with Gasteiger partial charge >= 0.3 is 0 Å². The van der Waals surface area contributed by atoms with Crippen molar-refractivity contribution in [2.45, 2.75) is 56.1 Å². The summed E-state index contributed by atoms with van der Waals surface area (Å²) in [6, 6.07) is 0. The summed E-state index contributed by atoms with van der Waals surface area (Å²) < 4.78 is 16.4. The molecule has 3 unspecified atom stereocenters. The molecule has 0 amide bonds. The van der Waals surface area contributed by atoms with Gasteiger partial charge in [-0.15, -0.1) is 0 Å². The van der Waals surface area contributed by atoms with Gasteiger partial charge in [0, 0.05) is 14.2 Å². The molecule has 2 aliphatic rings. The third kappa shape index (κ3) is 3.06. The van der Waals surface area contributed by atoms with E-state index in [-0.39, 0.29) is 5.41 Å². The fraction of sp³-hybridized carbons (Fsp3) is 1.00. The lowest BCUT2D eigenvalue weighted by Gasteiger charge is -2.28. The van der Waals surface area contributed by atoms with Crippen LogP contribution in [0.3, 0.4) is 0 Å². The first-order chi connectivity index (χ1) is 7.67. The maximum absolute atomic E-state index is 5.56. The second-order valence-electron chi connectivity index (χ2n) is 5.33. The van der Waals surface area contributed by atoms with Crippen LogP contribution in [0.25, 0.3) is 0 Å². The lowest BCUT2D eigenvalue weighted by atomic mass is 9.86. The van der Waals surface area contributed by atoms with Gasteiger partial charge in [0.1, 0.15) is 5.41 Å². The number of ether oxygens (including phenoxy) is 3. The molecule has 0 aromatic rings. The van der Waals surface area contributed by atoms with Crippen LogP contribution in [0.2, 0.25) is 0 Å². The van der Waals surface area contributed by atoms with E-state index in [0.717, 1.165) is 22.6 Å². The van der Waals surface area contributed by atoms with Crippen LogP contribution in [0.5, 0.6) is 0 Å². The number of epoxide rings is 1. The van der Waals surface area contributed by atoms with Gasteiger partial charge in [0.2, 0.25) is 0 Å². The zero-order valence-electron chi connectivity index (χ0n) is 10.7. The Labute approximate surface area is 101 Å². The highest BCUT2D eigenvalue weighted by Gasteiger charge is 2.43. The summed E-state index contributed by atoms with van der Waals surface area (Å²) in [7, 11) is 4.43. The molecule has 1 heterocycles. The summed E-state index contributed by atoms with van der Waals surface area (Å²) >= 11 is 0. The van der Waals surface area contributed by atoms with Crippen molar-refractivity contribution in [2.75, 3.05) is 14.2 Å². The lowest BCUT2D eigenvalue weighted by Crippen LogP contribution is -2.34. The highest BCUT2D eigenvalue weighted by Crippen LogP contribution is 2.41. The molecule has 16 heavy (non-hydrogen) atoms. The van der Waals surface area contributed by atoms with Gasteiger partial charge in [0.15, 0.2) is 0 Å². The highest BCUT2D eigenvalue weighted by molar-refractivity contribution is 6.13. The van der Waals surface area contributed by atoms with Crippen LogP contribution in [-0.2, 0) is 14.2 Å². The van der Waals surface area contributed by atoms with Crippen LogP contribution in [0.15, 0.2) is 0 Å². The average Bonchev–Trinajstić information content (AvgIpc) is 3.07. The van der Waals surface area contributed by atoms with Crippen molar-refractivity contribution in [1.82, 2.24) is 0 Å². The van der Waals surface area contributed by atoms with Gasteiger partial charge in [-0.05, 0) is 38.0 Å². The maximum Gasteiger partial charge on any atom is 0.140 e. The van der Waals surface area contributed by atoms with Crippen molar-refractivity contribution in [1.29, 1.82) is 0 Å². The second kappa shape index (κ2) is 5.17. The predicted molar refractivity (Wildman–Crippen MR) is 66.5 cm³/mol. The summed E-state index contributed by atoms with van der Waals surface area (Å²) in [6.07, 6.45) is 8.74. The molecule has 1 aliphatic heterocycles. The van der Waals surface area contributed by atoms with E-state index in [1.165, 1.54) is 32.1 Å². The Morgan fingerprint density at radius 1 is 1.25 bits per heavy atom. The Morgan fingerprint density at radius 3 is 2.62 bits per heavy atom. The van der Waals surface area contributed by atoms with Gasteiger partial charge < -0.3 is 14.2 Å². The van der Waals surface area contributed by atoms with Crippen LogP contribution in [0.4, 0.5) is 0 Å². The molecular weight excluding hydrogens is 220 g/mol. The largest absolute Gasteiger partial charge is 0.370 e. The molecule has 1 saturated heterocycles. The molecular formula is C12H24O3Si. The van der Waals surface area contributed by atoms with Crippen LogP contribution in [0.1, 0.15) is 38.5 Å². The van der Waals surface area contributed by atoms with Crippen molar-refractivity contribution < 1.29 is 14.2 Å². The molecule has 0 aromatic carbocycles. The van der Waals surface area contributed by atoms with E-state index >= 15 is 0 Å². The van der Waals surface area contributed by atoms with Gasteiger partial charge in [-0.2, -0.15) is 0 Å². The number of hydrogen-bond acceptors (Lipinski definition) is 3. The SMILES string of the molecule is COC([SiH3])(CCCC1CCC2OC2C1)OC. The van der Waals surface area contributed by atoms with E-state index in [2.05, 4.69) is 0 Å². The lowest BCUT2D eigenvalue weighted by molar-refractivity contribution is -0.147. The third-order valence-electron chi connectivity index (χ3n) is 4.22. The highest BCUT2D eigenvalue weighted by atomic mass is 28.1. The molecule has 1 aliphatic carbocycles. The fourth-order valence-electron chi connectivity index (χ4n) is 2.75. The number of fused-ring (bicyclic) bond motifs is 1. The van der Waals surface area contributed by atoms with E-state index in [1.54, 1.807) is 14.2 Å². The molecule has 0 bridgehead atoms. The molecule has 94 valence electrons. The Morgan fingerprint density at radius 2 is 2.00 bits per heavy atom. The summed E-state index contributed by atoms with van der Waals surface area (Å²) in [5, 5.41) is 0. The van der Waals surface area contributed by atoms with Crippen LogP contribution in [-0.4, -0.2) is 42.1 Å². The quantitative estimate of drug-likeness (QED) is 0.397. The zero-order valence-corrected chi connectivity index (χ0v) is 12.7. The van der Waals surface area contributed by atoms with Crippen LogP contribution in [0, 0.1) is 5.92 Å². The molecule has 1 saturated carbocycles. The maximum atomic E-state index is 5.56. The average molecular weight is 244 g/mol. The van der Waals surface area contributed by atoms with E-state index < -0.39 is 0 Å². The molecule has 0 N–H and O–H groups in total. The fourth-order valence-corrected chi connectivity index (χ4v) is 3.10. The monoisotopic (exact) mass is 244 g/mol. The molecule has 2 rings (SSSR count). The van der Waals surface area contributed by atoms with Crippen LogP contribution < -0.4 is 0 Å². The van der Waals surface area contributed by atoms with Gasteiger partial charge in [0.25, 0.3) is 0 Å². The van der Waals surface area contributed by atoms with E-state index in [1.807, 2.05) is 0 Å². The van der Waals surface area contributed by atoms with E-state index in [9.17, 15) is 0 Å². The first-order valence-corrected chi connectivity index (χ1v) is 7.42. The van der Waals surface area contributed by atoms with Crippen molar-refractivity contribution >= 4 is 10.2 Å². The molecule has 3 atom stereocenters. The van der Waals surface area contributed by atoms with Crippen molar-refractivity contribution in [3.63, 3.8) is 0 Å². The standard InChI is InChI=1S/C12H24O3Si/c1-13-12(16,14-2)7-3-4-9-5-6-10-11(8-9)15-10/h9-11H,3-8H2,1-2,16H3. The molecule has 3 nitrogen and oxygen atoms in total. The van der Waals surface area contributed by atoms with E-state index in [4.69, 9.17) is 14.2 Å². The molecule has 0 spiro atoms. The zero-order chi connectivity index (χ0) is 11.6. The topological polar surface area (TPSA) is 31.0 Å². The Bertz CT molecular complexity index is 230. The molecule has 2 fully saturated rings. The van der Waals surface area contributed by atoms with Crippen molar-refractivity contribution in [3.8, 4) is 0 Å². The Hall–Kier alpha value is 0.0969. The molecule has 0 radical (unpaired) electrons. The predicted octanol–water partition coefficient (Wildman–Crippen LogP) is 1.04. The smallest absolute Gasteiger partial charge is 0.140 e. The van der Waals surface area contributed by atoms with Crippen molar-refractivity contribution in [3.05, 3.63) is 0 Å². The molecule has 4 heteroatoms. The second-order valence-corrected chi connectivity index (χ2v) is 6.85. The summed E-state index contributed by atoms with van der Waals surface area (Å²) in [6.45, 7) is 0. The normalized spacial score (nSPS) is 33.8. The van der Waals surface area contributed by atoms with Gasteiger partial charge in [-0.1, -0.05) is 6.42 Å². The minimum absolute atomic E-state index is 0.257. The Balaban J connectivity index is 1.63. The van der Waals surface area contributed by atoms with Gasteiger partial charge in [-0.25, -0.2) is 0 Å². The minimum atomic E-state index is -0.257. The Kier molecular flexibility index (Phi) is 4.05. The van der Waals surface area contributed by atoms with Crippen LogP contribution >= 0.6 is 0 Å². The number of methoxy groups -OCH3 is 2. The summed E-state index contributed by atoms with van der Waals surface area (Å²) in [5.74, 6) is 0.878. The first-order valence-electron chi connectivity index (χ1n) is 6.42. The number of rotatable bonds is 6. The van der Waals surface area contributed by atoms with E-state index in [0.29, 0.717) is 12.2 Å². The minimum Gasteiger partial charge on any atom is -0.370 e.